The Bertz CT molecular complexity index is 1090. The van der Waals surface area contributed by atoms with Gasteiger partial charge in [0.05, 0.1) is 5.71 Å². The van der Waals surface area contributed by atoms with Gasteiger partial charge in [-0.05, 0) is 60.0 Å². The quantitative estimate of drug-likeness (QED) is 0.442. The van der Waals surface area contributed by atoms with Gasteiger partial charge in [0.25, 0.3) is 0 Å². The third kappa shape index (κ3) is 5.65. The van der Waals surface area contributed by atoms with E-state index in [9.17, 15) is 9.59 Å². The molecule has 0 unspecified atom stereocenters. The molecule has 0 aliphatic carbocycles. The van der Waals surface area contributed by atoms with Crippen LogP contribution in [0.2, 0.25) is 5.02 Å². The number of aryl methyl sites for hydroxylation is 1. The summed E-state index contributed by atoms with van der Waals surface area (Å²) >= 11 is 5.91. The lowest BCUT2D eigenvalue weighted by Gasteiger charge is -2.08. The molecule has 3 aromatic rings. The Morgan fingerprint density at radius 3 is 2.41 bits per heavy atom. The van der Waals surface area contributed by atoms with Gasteiger partial charge >= 0.3 is 0 Å². The molecule has 6 heteroatoms. The zero-order valence-electron chi connectivity index (χ0n) is 16.3. The van der Waals surface area contributed by atoms with Gasteiger partial charge in [-0.1, -0.05) is 48.0 Å². The molecule has 29 heavy (non-hydrogen) atoms. The van der Waals surface area contributed by atoms with Crippen LogP contribution in [0.4, 0.5) is 5.69 Å². The molecule has 0 bridgehead atoms. The van der Waals surface area contributed by atoms with Crippen LogP contribution in [-0.4, -0.2) is 17.5 Å². The minimum absolute atomic E-state index is 0.0486. The summed E-state index contributed by atoms with van der Waals surface area (Å²) in [6, 6.07) is 19.3. The van der Waals surface area contributed by atoms with Gasteiger partial charge in [-0.25, -0.2) is 5.43 Å². The fourth-order valence-corrected chi connectivity index (χ4v) is 3.11. The number of hydrogen-bond donors (Lipinski definition) is 2. The molecule has 0 aliphatic heterocycles. The van der Waals surface area contributed by atoms with Crippen molar-refractivity contribution in [2.45, 2.75) is 26.7 Å². The molecule has 0 radical (unpaired) electrons. The number of hydrazone groups is 1. The highest BCUT2D eigenvalue weighted by molar-refractivity contribution is 6.30. The average Bonchev–Trinajstić information content (AvgIpc) is 2.72. The molecule has 5 nitrogen and oxygen atoms in total. The molecule has 0 saturated heterocycles. The van der Waals surface area contributed by atoms with Crippen LogP contribution in [-0.2, 0) is 9.59 Å². The van der Waals surface area contributed by atoms with E-state index in [-0.39, 0.29) is 24.7 Å². The maximum absolute atomic E-state index is 12.1. The summed E-state index contributed by atoms with van der Waals surface area (Å²) in [5, 5.41) is 9.81. The summed E-state index contributed by atoms with van der Waals surface area (Å²) in [6.07, 6.45) is 0.116. The van der Waals surface area contributed by atoms with Crippen LogP contribution in [0.5, 0.6) is 0 Å². The normalized spacial score (nSPS) is 11.3. The molecule has 0 spiro atoms. The van der Waals surface area contributed by atoms with Gasteiger partial charge in [-0.2, -0.15) is 5.10 Å². The zero-order valence-corrected chi connectivity index (χ0v) is 17.1. The summed E-state index contributed by atoms with van der Waals surface area (Å²) < 4.78 is 0. The molecule has 3 rings (SSSR count). The lowest BCUT2D eigenvalue weighted by atomic mass is 10.0. The van der Waals surface area contributed by atoms with Crippen LogP contribution in [0.15, 0.2) is 65.8 Å². The fourth-order valence-electron chi connectivity index (χ4n) is 2.89. The Hall–Kier alpha value is -3.18. The predicted molar refractivity (Wildman–Crippen MR) is 118 cm³/mol. The summed E-state index contributed by atoms with van der Waals surface area (Å²) in [4.78, 5) is 24.1. The summed E-state index contributed by atoms with van der Waals surface area (Å²) in [6.45, 7) is 3.69. The molecule has 0 fully saturated rings. The van der Waals surface area contributed by atoms with Gasteiger partial charge in [0.1, 0.15) is 0 Å². The molecule has 3 aromatic carbocycles. The first kappa shape index (κ1) is 20.6. The predicted octanol–water partition coefficient (Wildman–Crippen LogP) is 5.06. The Morgan fingerprint density at radius 2 is 1.66 bits per heavy atom. The summed E-state index contributed by atoms with van der Waals surface area (Å²) in [5.74, 6) is -0.547. The SMILES string of the molecule is C/C(=N\NC(=O)CCC(=O)Nc1ccc(Cl)cc1C)c1ccc2ccccc2c1. The van der Waals surface area contributed by atoms with E-state index in [4.69, 9.17) is 11.6 Å². The van der Waals surface area contributed by atoms with Crippen molar-refractivity contribution in [3.63, 3.8) is 0 Å². The van der Waals surface area contributed by atoms with Crippen molar-refractivity contribution in [3.05, 3.63) is 76.8 Å². The molecule has 0 saturated carbocycles. The first-order valence-electron chi connectivity index (χ1n) is 9.30. The molecule has 0 heterocycles. The second-order valence-electron chi connectivity index (χ2n) is 6.80. The van der Waals surface area contributed by atoms with E-state index in [1.54, 1.807) is 18.2 Å². The fraction of sp³-hybridized carbons (Fsp3) is 0.174. The van der Waals surface area contributed by atoms with Crippen molar-refractivity contribution in [1.82, 2.24) is 5.43 Å². The highest BCUT2D eigenvalue weighted by Crippen LogP contribution is 2.20. The van der Waals surface area contributed by atoms with Gasteiger partial charge in [0.2, 0.25) is 11.8 Å². The number of nitrogens with one attached hydrogen (secondary N) is 2. The van der Waals surface area contributed by atoms with E-state index in [1.807, 2.05) is 56.3 Å². The molecule has 0 aromatic heterocycles. The van der Waals surface area contributed by atoms with Crippen molar-refractivity contribution < 1.29 is 9.59 Å². The van der Waals surface area contributed by atoms with Gasteiger partial charge in [0.15, 0.2) is 0 Å². The first-order valence-corrected chi connectivity index (χ1v) is 9.68. The highest BCUT2D eigenvalue weighted by Gasteiger charge is 2.09. The minimum atomic E-state index is -0.312. The van der Waals surface area contributed by atoms with E-state index in [1.165, 1.54) is 0 Å². The summed E-state index contributed by atoms with van der Waals surface area (Å²) in [7, 11) is 0. The molecule has 2 N–H and O–H groups in total. The van der Waals surface area contributed by atoms with E-state index >= 15 is 0 Å². The van der Waals surface area contributed by atoms with Crippen LogP contribution in [0.3, 0.4) is 0 Å². The average molecular weight is 408 g/mol. The van der Waals surface area contributed by atoms with E-state index in [0.29, 0.717) is 16.4 Å². The van der Waals surface area contributed by atoms with E-state index < -0.39 is 0 Å². The standard InChI is InChI=1S/C23H22ClN3O2/c1-15-13-20(24)9-10-21(15)25-22(28)11-12-23(29)27-26-16(2)18-8-7-17-5-3-4-6-19(17)14-18/h3-10,13-14H,11-12H2,1-2H3,(H,25,28)(H,27,29)/b26-16+. The number of amides is 2. The van der Waals surface area contributed by atoms with Crippen LogP contribution >= 0.6 is 11.6 Å². The minimum Gasteiger partial charge on any atom is -0.326 e. The number of carbonyl (C=O) groups excluding carboxylic acids is 2. The van der Waals surface area contributed by atoms with Crippen molar-refractivity contribution >= 4 is 45.6 Å². The Balaban J connectivity index is 1.52. The number of anilines is 1. The number of fused-ring (bicyclic) bond motifs is 1. The van der Waals surface area contributed by atoms with Crippen molar-refractivity contribution in [1.29, 1.82) is 0 Å². The molecular formula is C23H22ClN3O2. The number of rotatable bonds is 6. The van der Waals surface area contributed by atoms with Crippen LogP contribution in [0, 0.1) is 6.92 Å². The van der Waals surface area contributed by atoms with Crippen LogP contribution < -0.4 is 10.7 Å². The van der Waals surface area contributed by atoms with Crippen molar-refractivity contribution in [2.75, 3.05) is 5.32 Å². The van der Waals surface area contributed by atoms with Gasteiger partial charge in [-0.3, -0.25) is 9.59 Å². The monoisotopic (exact) mass is 407 g/mol. The van der Waals surface area contributed by atoms with Crippen molar-refractivity contribution in [3.8, 4) is 0 Å². The molecule has 2 amide bonds. The number of hydrogen-bond acceptors (Lipinski definition) is 3. The lowest BCUT2D eigenvalue weighted by Crippen LogP contribution is -2.22. The molecule has 0 atom stereocenters. The maximum atomic E-state index is 12.1. The molecule has 148 valence electrons. The second-order valence-corrected chi connectivity index (χ2v) is 7.24. The molecular weight excluding hydrogens is 386 g/mol. The largest absolute Gasteiger partial charge is 0.326 e. The Morgan fingerprint density at radius 1 is 0.931 bits per heavy atom. The third-order valence-electron chi connectivity index (χ3n) is 4.56. The smallest absolute Gasteiger partial charge is 0.240 e. The maximum Gasteiger partial charge on any atom is 0.240 e. The zero-order chi connectivity index (χ0) is 20.8. The topological polar surface area (TPSA) is 70.6 Å². The lowest BCUT2D eigenvalue weighted by molar-refractivity contribution is -0.124. The Kier molecular flexibility index (Phi) is 6.62. The molecule has 0 aliphatic rings. The summed E-state index contributed by atoms with van der Waals surface area (Å²) in [5.41, 5.74) is 5.70. The highest BCUT2D eigenvalue weighted by atomic mass is 35.5. The van der Waals surface area contributed by atoms with Crippen LogP contribution in [0.25, 0.3) is 10.8 Å². The van der Waals surface area contributed by atoms with Crippen molar-refractivity contribution in [2.24, 2.45) is 5.10 Å². The van der Waals surface area contributed by atoms with E-state index in [0.717, 1.165) is 21.9 Å². The van der Waals surface area contributed by atoms with Gasteiger partial charge in [-0.15, -0.1) is 0 Å². The van der Waals surface area contributed by atoms with Gasteiger partial charge < -0.3 is 5.32 Å². The first-order chi connectivity index (χ1) is 13.9. The van der Waals surface area contributed by atoms with E-state index in [2.05, 4.69) is 15.8 Å². The number of halogens is 1. The van der Waals surface area contributed by atoms with Crippen LogP contribution in [0.1, 0.15) is 30.9 Å². The number of benzene rings is 3. The number of nitrogens with zero attached hydrogens (tertiary/aromatic N) is 1. The second kappa shape index (κ2) is 9.34. The Labute approximate surface area is 174 Å². The van der Waals surface area contributed by atoms with Gasteiger partial charge in [0, 0.05) is 23.6 Å². The third-order valence-corrected chi connectivity index (χ3v) is 4.79. The number of carbonyl (C=O) groups is 2.